The van der Waals surface area contributed by atoms with Gasteiger partial charge in [0.15, 0.2) is 5.78 Å². The molecule has 0 fully saturated rings. The van der Waals surface area contributed by atoms with Gasteiger partial charge in [-0.1, -0.05) is 6.07 Å². The van der Waals surface area contributed by atoms with Crippen LogP contribution < -0.4 is 4.74 Å². The number of carbonyl (C=O) groups is 1. The van der Waals surface area contributed by atoms with Crippen LogP contribution >= 0.6 is 0 Å². The first-order chi connectivity index (χ1) is 9.16. The van der Waals surface area contributed by atoms with Gasteiger partial charge in [-0.2, -0.15) is 5.10 Å². The lowest BCUT2D eigenvalue weighted by molar-refractivity contribution is 0.0983. The number of Topliss-reactive ketones (excluding diaryl/α,β-unsaturated/α-hetero) is 1. The van der Waals surface area contributed by atoms with E-state index >= 15 is 0 Å². The summed E-state index contributed by atoms with van der Waals surface area (Å²) < 4.78 is 7.52. The monoisotopic (exact) mass is 256 g/mol. The maximum atomic E-state index is 11.9. The van der Waals surface area contributed by atoms with Gasteiger partial charge in [0.25, 0.3) is 0 Å². The smallest absolute Gasteiger partial charge is 0.166 e. The first kappa shape index (κ1) is 12.0. The number of aromatic nitrogens is 2. The molecule has 19 heavy (non-hydrogen) atoms. The summed E-state index contributed by atoms with van der Waals surface area (Å²) in [6.07, 6.45) is 3.20. The second-order valence-corrected chi connectivity index (χ2v) is 4.85. The third-order valence-corrected chi connectivity index (χ3v) is 3.63. The number of ether oxygens (including phenoxy) is 1. The Morgan fingerprint density at radius 2 is 2.16 bits per heavy atom. The Morgan fingerprint density at radius 3 is 2.89 bits per heavy atom. The topological polar surface area (TPSA) is 44.1 Å². The normalized spacial score (nSPS) is 14.7. The van der Waals surface area contributed by atoms with Gasteiger partial charge in [-0.05, 0) is 31.0 Å². The largest absolute Gasteiger partial charge is 0.493 e. The molecule has 3 rings (SSSR count). The molecule has 1 aliphatic heterocycles. The molecule has 4 nitrogen and oxygen atoms in total. The molecule has 1 aromatic carbocycles. The van der Waals surface area contributed by atoms with E-state index in [0.29, 0.717) is 24.3 Å². The number of fused-ring (bicyclic) bond motifs is 1. The van der Waals surface area contributed by atoms with Crippen LogP contribution in [0.5, 0.6) is 5.75 Å². The van der Waals surface area contributed by atoms with Crippen LogP contribution in [0.1, 0.15) is 28.9 Å². The number of hydrogen-bond donors (Lipinski definition) is 0. The summed E-state index contributed by atoms with van der Waals surface area (Å²) in [6.45, 7) is 2.63. The highest BCUT2D eigenvalue weighted by Crippen LogP contribution is 2.31. The number of benzene rings is 1. The lowest BCUT2D eigenvalue weighted by Gasteiger charge is -2.08. The van der Waals surface area contributed by atoms with E-state index in [4.69, 9.17) is 4.74 Å². The number of aryl methyl sites for hydroxylation is 1. The molecule has 98 valence electrons. The van der Waals surface area contributed by atoms with Crippen LogP contribution in [0, 0.1) is 6.92 Å². The van der Waals surface area contributed by atoms with Gasteiger partial charge in [-0.25, -0.2) is 0 Å². The van der Waals surface area contributed by atoms with Gasteiger partial charge in [-0.3, -0.25) is 9.48 Å². The van der Waals surface area contributed by atoms with E-state index < -0.39 is 0 Å². The average molecular weight is 256 g/mol. The molecule has 0 atom stereocenters. The first-order valence-electron chi connectivity index (χ1n) is 6.46. The SMILES string of the molecule is Cc1c(-c2ccc3c(c2)OCCCC3=O)cnn1C. The van der Waals surface area contributed by atoms with E-state index in [1.54, 1.807) is 0 Å². The Balaban J connectivity index is 2.08. The minimum absolute atomic E-state index is 0.168. The second-order valence-electron chi connectivity index (χ2n) is 4.85. The standard InChI is InChI=1S/C15H16N2O2/c1-10-13(9-16-17(10)2)11-5-6-12-14(18)4-3-7-19-15(12)8-11/h5-6,8-9H,3-4,7H2,1-2H3. The maximum Gasteiger partial charge on any atom is 0.166 e. The predicted molar refractivity (Wildman–Crippen MR) is 72.4 cm³/mol. The molecule has 0 saturated heterocycles. The molecule has 4 heteroatoms. The van der Waals surface area contributed by atoms with Crippen molar-refractivity contribution in [3.8, 4) is 16.9 Å². The van der Waals surface area contributed by atoms with E-state index in [9.17, 15) is 4.79 Å². The lowest BCUT2D eigenvalue weighted by atomic mass is 10.0. The quantitative estimate of drug-likeness (QED) is 0.788. The van der Waals surface area contributed by atoms with Gasteiger partial charge in [0.2, 0.25) is 0 Å². The fraction of sp³-hybridized carbons (Fsp3) is 0.333. The van der Waals surface area contributed by atoms with Crippen LogP contribution in [0.25, 0.3) is 11.1 Å². The second kappa shape index (κ2) is 4.53. The first-order valence-corrected chi connectivity index (χ1v) is 6.46. The Morgan fingerprint density at radius 1 is 1.32 bits per heavy atom. The van der Waals surface area contributed by atoms with Crippen molar-refractivity contribution in [2.75, 3.05) is 6.61 Å². The highest BCUT2D eigenvalue weighted by Gasteiger charge is 2.18. The third kappa shape index (κ3) is 2.03. The highest BCUT2D eigenvalue weighted by molar-refractivity contribution is 5.99. The molecule has 1 aliphatic rings. The summed E-state index contributed by atoms with van der Waals surface area (Å²) in [5.74, 6) is 0.866. The van der Waals surface area contributed by atoms with Gasteiger partial charge in [0.1, 0.15) is 5.75 Å². The molecule has 0 spiro atoms. The van der Waals surface area contributed by atoms with Crippen LogP contribution in [-0.4, -0.2) is 22.2 Å². The molecular formula is C15H16N2O2. The fourth-order valence-electron chi connectivity index (χ4n) is 2.37. The molecule has 0 amide bonds. The molecule has 0 saturated carbocycles. The number of rotatable bonds is 1. The number of nitrogens with zero attached hydrogens (tertiary/aromatic N) is 2. The van der Waals surface area contributed by atoms with E-state index in [2.05, 4.69) is 5.10 Å². The summed E-state index contributed by atoms with van der Waals surface area (Å²) in [7, 11) is 1.92. The van der Waals surface area contributed by atoms with Crippen molar-refractivity contribution in [1.29, 1.82) is 0 Å². The predicted octanol–water partition coefficient (Wildman–Crippen LogP) is 2.75. The van der Waals surface area contributed by atoms with Crippen molar-refractivity contribution in [3.05, 3.63) is 35.7 Å². The van der Waals surface area contributed by atoms with Crippen molar-refractivity contribution >= 4 is 5.78 Å². The zero-order valence-corrected chi connectivity index (χ0v) is 11.1. The molecule has 0 bridgehead atoms. The van der Waals surface area contributed by atoms with Gasteiger partial charge in [0, 0.05) is 24.7 Å². The minimum Gasteiger partial charge on any atom is -0.493 e. The number of hydrogen-bond acceptors (Lipinski definition) is 3. The molecule has 0 unspecified atom stereocenters. The summed E-state index contributed by atoms with van der Waals surface area (Å²) in [5, 5.41) is 4.25. The van der Waals surface area contributed by atoms with Crippen LogP contribution in [-0.2, 0) is 7.05 Å². The molecule has 0 radical (unpaired) electrons. The molecule has 2 aromatic rings. The van der Waals surface area contributed by atoms with E-state index in [1.165, 1.54) is 0 Å². The third-order valence-electron chi connectivity index (χ3n) is 3.63. The summed E-state index contributed by atoms with van der Waals surface area (Å²) >= 11 is 0. The summed E-state index contributed by atoms with van der Waals surface area (Å²) in [5.41, 5.74) is 3.91. The summed E-state index contributed by atoms with van der Waals surface area (Å²) in [6, 6.07) is 5.78. The van der Waals surface area contributed by atoms with Gasteiger partial charge in [-0.15, -0.1) is 0 Å². The Bertz CT molecular complexity index is 644. The Hall–Kier alpha value is -2.10. The Labute approximate surface area is 112 Å². The van der Waals surface area contributed by atoms with Gasteiger partial charge < -0.3 is 4.74 Å². The van der Waals surface area contributed by atoms with Crippen molar-refractivity contribution in [2.45, 2.75) is 19.8 Å². The van der Waals surface area contributed by atoms with Crippen molar-refractivity contribution in [1.82, 2.24) is 9.78 Å². The van der Waals surface area contributed by atoms with Crippen LogP contribution in [0.4, 0.5) is 0 Å². The van der Waals surface area contributed by atoms with Crippen molar-refractivity contribution in [2.24, 2.45) is 7.05 Å². The van der Waals surface area contributed by atoms with Gasteiger partial charge in [0.05, 0.1) is 18.4 Å². The van der Waals surface area contributed by atoms with E-state index in [0.717, 1.165) is 23.2 Å². The van der Waals surface area contributed by atoms with Crippen molar-refractivity contribution in [3.63, 3.8) is 0 Å². The highest BCUT2D eigenvalue weighted by atomic mass is 16.5. The summed E-state index contributed by atoms with van der Waals surface area (Å²) in [4.78, 5) is 11.9. The van der Waals surface area contributed by atoms with Crippen LogP contribution in [0.15, 0.2) is 24.4 Å². The fourth-order valence-corrected chi connectivity index (χ4v) is 2.37. The van der Waals surface area contributed by atoms with Crippen LogP contribution in [0.2, 0.25) is 0 Å². The van der Waals surface area contributed by atoms with Crippen molar-refractivity contribution < 1.29 is 9.53 Å². The molecule has 0 aliphatic carbocycles. The van der Waals surface area contributed by atoms with E-state index in [-0.39, 0.29) is 5.78 Å². The molecular weight excluding hydrogens is 240 g/mol. The van der Waals surface area contributed by atoms with Crippen LogP contribution in [0.3, 0.4) is 0 Å². The Kier molecular flexibility index (Phi) is 2.85. The van der Waals surface area contributed by atoms with Gasteiger partial charge >= 0.3 is 0 Å². The minimum atomic E-state index is 0.168. The lowest BCUT2D eigenvalue weighted by Crippen LogP contribution is -1.98. The molecule has 1 aromatic heterocycles. The maximum absolute atomic E-state index is 11.9. The zero-order valence-electron chi connectivity index (χ0n) is 11.1. The van der Waals surface area contributed by atoms with E-state index in [1.807, 2.05) is 43.0 Å². The zero-order chi connectivity index (χ0) is 13.4. The average Bonchev–Trinajstić information content (AvgIpc) is 2.63. The number of ketones is 1. The molecule has 2 heterocycles. The number of carbonyl (C=O) groups excluding carboxylic acids is 1. The molecule has 0 N–H and O–H groups in total.